The lowest BCUT2D eigenvalue weighted by molar-refractivity contribution is -0.129. The topological polar surface area (TPSA) is 49.3 Å². The highest BCUT2D eigenvalue weighted by molar-refractivity contribution is 7.80. The Hall–Kier alpha value is -0.220. The molecule has 0 unspecified atom stereocenters. The average Bonchev–Trinajstić information content (AvgIpc) is 2.68. The fourth-order valence-electron chi connectivity index (χ4n) is 3.64. The maximum Gasteiger partial charge on any atom is 0.243 e. The standard InChI is InChI=1S/C23H47NO2S/c25-23(24-26)21-19-17-15-13-11-9-7-5-3-1-2-4-6-8-10-12-14-16-18-20-22-27/h26-27H,1-22H2,(H,24,25). The minimum atomic E-state index is -0.259. The summed E-state index contributed by atoms with van der Waals surface area (Å²) >= 11 is 4.25. The molecule has 0 bridgehead atoms. The van der Waals surface area contributed by atoms with E-state index in [1.807, 2.05) is 0 Å². The number of rotatable bonds is 22. The number of hydrogen-bond acceptors (Lipinski definition) is 3. The molecule has 1 amide bonds. The van der Waals surface area contributed by atoms with Crippen molar-refractivity contribution in [1.82, 2.24) is 5.48 Å². The lowest BCUT2D eigenvalue weighted by atomic mass is 10.0. The fraction of sp³-hybridized carbons (Fsp3) is 0.957. The first-order chi connectivity index (χ1) is 13.3. The smallest absolute Gasteiger partial charge is 0.243 e. The van der Waals surface area contributed by atoms with E-state index < -0.39 is 0 Å². The lowest BCUT2D eigenvalue weighted by Gasteiger charge is -2.04. The maximum absolute atomic E-state index is 10.8. The quantitative estimate of drug-likeness (QED) is 0.0756. The minimum absolute atomic E-state index is 0.259. The largest absolute Gasteiger partial charge is 0.289 e. The summed E-state index contributed by atoms with van der Waals surface area (Å²) in [5.74, 6) is 0.792. The van der Waals surface area contributed by atoms with Crippen molar-refractivity contribution in [3.05, 3.63) is 0 Å². The molecule has 0 rings (SSSR count). The summed E-state index contributed by atoms with van der Waals surface area (Å²) in [5.41, 5.74) is 1.69. The second-order valence-electron chi connectivity index (χ2n) is 8.08. The van der Waals surface area contributed by atoms with Crippen LogP contribution < -0.4 is 5.48 Å². The zero-order valence-corrected chi connectivity index (χ0v) is 18.8. The Bertz CT molecular complexity index is 300. The molecule has 0 aromatic carbocycles. The van der Waals surface area contributed by atoms with Gasteiger partial charge in [-0.1, -0.05) is 116 Å². The summed E-state index contributed by atoms with van der Waals surface area (Å²) in [5, 5.41) is 8.40. The van der Waals surface area contributed by atoms with Gasteiger partial charge in [-0.2, -0.15) is 12.6 Å². The molecule has 4 heteroatoms. The molecule has 162 valence electrons. The second-order valence-corrected chi connectivity index (χ2v) is 8.53. The van der Waals surface area contributed by atoms with Crippen molar-refractivity contribution in [2.75, 3.05) is 5.75 Å². The molecule has 0 spiro atoms. The van der Waals surface area contributed by atoms with Gasteiger partial charge in [0.05, 0.1) is 0 Å². The van der Waals surface area contributed by atoms with Crippen LogP contribution in [-0.4, -0.2) is 16.9 Å². The number of nitrogens with one attached hydrogen (secondary N) is 1. The van der Waals surface area contributed by atoms with Gasteiger partial charge in [-0.05, 0) is 18.6 Å². The van der Waals surface area contributed by atoms with Gasteiger partial charge in [0.25, 0.3) is 0 Å². The summed E-state index contributed by atoms with van der Waals surface area (Å²) < 4.78 is 0. The van der Waals surface area contributed by atoms with E-state index in [-0.39, 0.29) is 5.91 Å². The molecule has 0 aliphatic rings. The Morgan fingerprint density at radius 3 is 1.04 bits per heavy atom. The van der Waals surface area contributed by atoms with Gasteiger partial charge < -0.3 is 0 Å². The fourth-order valence-corrected chi connectivity index (χ4v) is 3.86. The van der Waals surface area contributed by atoms with Crippen molar-refractivity contribution in [2.45, 2.75) is 135 Å². The van der Waals surface area contributed by atoms with Crippen LogP contribution in [0.4, 0.5) is 0 Å². The van der Waals surface area contributed by atoms with Gasteiger partial charge in [-0.25, -0.2) is 5.48 Å². The van der Waals surface area contributed by atoms with E-state index in [9.17, 15) is 4.79 Å². The number of carbonyl (C=O) groups excluding carboxylic acids is 1. The third-order valence-electron chi connectivity index (χ3n) is 5.44. The van der Waals surface area contributed by atoms with Crippen molar-refractivity contribution in [3.63, 3.8) is 0 Å². The Morgan fingerprint density at radius 2 is 0.778 bits per heavy atom. The monoisotopic (exact) mass is 401 g/mol. The van der Waals surface area contributed by atoms with Crippen LogP contribution in [0.25, 0.3) is 0 Å². The Kier molecular flexibility index (Phi) is 23.6. The predicted molar refractivity (Wildman–Crippen MR) is 121 cm³/mol. The van der Waals surface area contributed by atoms with Crippen molar-refractivity contribution in [2.24, 2.45) is 0 Å². The van der Waals surface area contributed by atoms with Crippen LogP contribution >= 0.6 is 12.6 Å². The Morgan fingerprint density at radius 1 is 0.519 bits per heavy atom. The molecule has 0 aliphatic carbocycles. The zero-order chi connectivity index (χ0) is 19.8. The van der Waals surface area contributed by atoms with Crippen LogP contribution in [0.5, 0.6) is 0 Å². The van der Waals surface area contributed by atoms with Crippen molar-refractivity contribution in [3.8, 4) is 0 Å². The average molecular weight is 402 g/mol. The molecule has 2 N–H and O–H groups in total. The molecule has 0 radical (unpaired) electrons. The molecular formula is C23H47NO2S. The molecular weight excluding hydrogens is 354 g/mol. The molecule has 0 saturated heterocycles. The zero-order valence-electron chi connectivity index (χ0n) is 17.9. The minimum Gasteiger partial charge on any atom is -0.289 e. The highest BCUT2D eigenvalue weighted by Gasteiger charge is 1.98. The summed E-state index contributed by atoms with van der Waals surface area (Å²) in [6.07, 6.45) is 27.4. The first-order valence-electron chi connectivity index (χ1n) is 11.8. The van der Waals surface area contributed by atoms with Gasteiger partial charge in [-0.3, -0.25) is 10.0 Å². The molecule has 0 aliphatic heterocycles. The van der Waals surface area contributed by atoms with E-state index >= 15 is 0 Å². The number of unbranched alkanes of at least 4 members (excludes halogenated alkanes) is 19. The van der Waals surface area contributed by atoms with Gasteiger partial charge >= 0.3 is 0 Å². The molecule has 27 heavy (non-hydrogen) atoms. The van der Waals surface area contributed by atoms with Crippen LogP contribution in [0.1, 0.15) is 135 Å². The predicted octanol–water partition coefficient (Wildman–Crippen LogP) is 7.61. The third-order valence-corrected chi connectivity index (χ3v) is 5.75. The molecule has 0 heterocycles. The van der Waals surface area contributed by atoms with Gasteiger partial charge in [0.15, 0.2) is 0 Å². The van der Waals surface area contributed by atoms with Crippen LogP contribution in [-0.2, 0) is 4.79 Å². The summed E-state index contributed by atoms with van der Waals surface area (Å²) in [6.45, 7) is 0. The molecule has 0 aromatic heterocycles. The Balaban J connectivity index is 3.00. The van der Waals surface area contributed by atoms with Crippen LogP contribution in [0, 0.1) is 0 Å². The Labute approximate surface area is 174 Å². The van der Waals surface area contributed by atoms with Gasteiger partial charge in [0, 0.05) is 6.42 Å². The number of hydroxylamine groups is 1. The number of thiol groups is 1. The van der Waals surface area contributed by atoms with Gasteiger partial charge in [0.2, 0.25) is 5.91 Å². The number of hydrogen-bond donors (Lipinski definition) is 3. The summed E-state index contributed by atoms with van der Waals surface area (Å²) in [6, 6.07) is 0. The van der Waals surface area contributed by atoms with Crippen LogP contribution in [0.15, 0.2) is 0 Å². The molecule has 3 nitrogen and oxygen atoms in total. The maximum atomic E-state index is 10.8. The van der Waals surface area contributed by atoms with E-state index in [1.165, 1.54) is 116 Å². The van der Waals surface area contributed by atoms with Gasteiger partial charge in [0.1, 0.15) is 0 Å². The summed E-state index contributed by atoms with van der Waals surface area (Å²) in [7, 11) is 0. The van der Waals surface area contributed by atoms with E-state index in [0.29, 0.717) is 6.42 Å². The third kappa shape index (κ3) is 23.7. The second kappa shape index (κ2) is 23.8. The van der Waals surface area contributed by atoms with E-state index in [4.69, 9.17) is 5.21 Å². The van der Waals surface area contributed by atoms with Crippen LogP contribution in [0.2, 0.25) is 0 Å². The van der Waals surface area contributed by atoms with Gasteiger partial charge in [-0.15, -0.1) is 0 Å². The van der Waals surface area contributed by atoms with Crippen molar-refractivity contribution in [1.29, 1.82) is 0 Å². The van der Waals surface area contributed by atoms with E-state index in [2.05, 4.69) is 12.6 Å². The van der Waals surface area contributed by atoms with Crippen molar-refractivity contribution < 1.29 is 10.0 Å². The van der Waals surface area contributed by atoms with E-state index in [0.717, 1.165) is 18.6 Å². The summed E-state index contributed by atoms with van der Waals surface area (Å²) in [4.78, 5) is 10.8. The molecule has 0 aromatic rings. The molecule has 0 fully saturated rings. The number of carbonyl (C=O) groups is 1. The van der Waals surface area contributed by atoms with Crippen LogP contribution in [0.3, 0.4) is 0 Å². The highest BCUT2D eigenvalue weighted by atomic mass is 32.1. The normalized spacial score (nSPS) is 11.0. The van der Waals surface area contributed by atoms with E-state index in [1.54, 1.807) is 5.48 Å². The number of amides is 1. The first kappa shape index (κ1) is 26.8. The first-order valence-corrected chi connectivity index (χ1v) is 12.5. The SMILES string of the molecule is O=C(CCCCCCCCCCCCCCCCCCCCCCS)NO. The molecule has 0 atom stereocenters. The van der Waals surface area contributed by atoms with Crippen molar-refractivity contribution >= 4 is 18.5 Å². The highest BCUT2D eigenvalue weighted by Crippen LogP contribution is 2.15. The lowest BCUT2D eigenvalue weighted by Crippen LogP contribution is -2.17. The molecule has 0 saturated carbocycles.